The Kier molecular flexibility index (Phi) is 5.60. The first-order valence-electron chi connectivity index (χ1n) is 8.16. The van der Waals surface area contributed by atoms with Crippen LogP contribution in [0, 0.1) is 0 Å². The number of ether oxygens (including phenoxy) is 3. The molecule has 0 aliphatic carbocycles. The van der Waals surface area contributed by atoms with Crippen LogP contribution in [0.1, 0.15) is 5.56 Å². The molecule has 3 rings (SSSR count). The van der Waals surface area contributed by atoms with Crippen LogP contribution in [0.4, 0.5) is 0 Å². The molecule has 1 heterocycles. The zero-order chi connectivity index (χ0) is 17.6. The molecular weight excluding hydrogens is 336 g/mol. The third kappa shape index (κ3) is 4.54. The van der Waals surface area contributed by atoms with E-state index in [4.69, 9.17) is 26.4 Å². The van der Waals surface area contributed by atoms with Gasteiger partial charge in [-0.15, -0.1) is 0 Å². The van der Waals surface area contributed by atoms with Crippen molar-refractivity contribution in [3.8, 4) is 17.2 Å². The Morgan fingerprint density at radius 1 is 1.20 bits per heavy atom. The number of methoxy groups -OCH3 is 1. The second-order valence-corrected chi connectivity index (χ2v) is 6.27. The molecule has 2 aromatic rings. The molecule has 1 N–H and O–H groups in total. The lowest BCUT2D eigenvalue weighted by atomic mass is 10.2. The number of thiocarbonyl (C=S) groups is 1. The highest BCUT2D eigenvalue weighted by molar-refractivity contribution is 7.80. The topological polar surface area (TPSA) is 43.0 Å². The normalized spacial score (nSPS) is 15.4. The van der Waals surface area contributed by atoms with Crippen LogP contribution in [0.2, 0.25) is 0 Å². The maximum atomic E-state index is 5.97. The van der Waals surface area contributed by atoms with E-state index in [0.717, 1.165) is 22.8 Å². The van der Waals surface area contributed by atoms with E-state index in [1.807, 2.05) is 60.5 Å². The van der Waals surface area contributed by atoms with Gasteiger partial charge in [0.05, 0.1) is 13.7 Å². The molecule has 0 radical (unpaired) electrons. The minimum atomic E-state index is -0.0550. The summed E-state index contributed by atoms with van der Waals surface area (Å²) in [5, 5.41) is 3.94. The third-order valence-corrected chi connectivity index (χ3v) is 4.45. The summed E-state index contributed by atoms with van der Waals surface area (Å²) in [4.78, 5) is 1.97. The Balaban J connectivity index is 1.47. The molecule has 0 aromatic heterocycles. The lowest BCUT2D eigenvalue weighted by Crippen LogP contribution is -2.45. The number of rotatable bonds is 5. The fourth-order valence-corrected chi connectivity index (χ4v) is 2.74. The van der Waals surface area contributed by atoms with Crippen molar-refractivity contribution >= 4 is 17.3 Å². The zero-order valence-electron chi connectivity index (χ0n) is 14.4. The van der Waals surface area contributed by atoms with Crippen LogP contribution in [0.25, 0.3) is 0 Å². The number of fused-ring (bicyclic) bond motifs is 1. The summed E-state index contributed by atoms with van der Waals surface area (Å²) in [5.74, 6) is 2.42. The molecule has 0 amide bonds. The van der Waals surface area contributed by atoms with Gasteiger partial charge in [0.25, 0.3) is 0 Å². The highest BCUT2D eigenvalue weighted by Gasteiger charge is 2.22. The Bertz CT molecular complexity index is 721. The van der Waals surface area contributed by atoms with Crippen molar-refractivity contribution in [2.45, 2.75) is 12.6 Å². The maximum absolute atomic E-state index is 5.97. The molecule has 0 unspecified atom stereocenters. The lowest BCUT2D eigenvalue weighted by Gasteiger charge is -2.30. The van der Waals surface area contributed by atoms with Crippen molar-refractivity contribution in [2.75, 3.05) is 27.3 Å². The van der Waals surface area contributed by atoms with Gasteiger partial charge in [-0.05, 0) is 42.0 Å². The van der Waals surface area contributed by atoms with E-state index < -0.39 is 0 Å². The molecule has 1 atom stereocenters. The van der Waals surface area contributed by atoms with Gasteiger partial charge >= 0.3 is 0 Å². The van der Waals surface area contributed by atoms with Gasteiger partial charge in [0.2, 0.25) is 0 Å². The third-order valence-electron chi connectivity index (χ3n) is 3.99. The summed E-state index contributed by atoms with van der Waals surface area (Å²) in [5.41, 5.74) is 1.14. The number of nitrogens with one attached hydrogen (secondary N) is 1. The average Bonchev–Trinajstić information content (AvgIpc) is 2.66. The largest absolute Gasteiger partial charge is 0.497 e. The summed E-state index contributed by atoms with van der Waals surface area (Å²) in [6, 6.07) is 15.6. The van der Waals surface area contributed by atoms with E-state index in [2.05, 4.69) is 5.32 Å². The predicted octanol–water partition coefficient (Wildman–Crippen LogP) is 2.84. The van der Waals surface area contributed by atoms with Crippen LogP contribution in [0.3, 0.4) is 0 Å². The van der Waals surface area contributed by atoms with E-state index in [-0.39, 0.29) is 6.10 Å². The second kappa shape index (κ2) is 8.07. The van der Waals surface area contributed by atoms with Crippen LogP contribution < -0.4 is 19.5 Å². The van der Waals surface area contributed by atoms with Crippen molar-refractivity contribution in [3.05, 3.63) is 54.1 Å². The molecule has 132 valence electrons. The van der Waals surface area contributed by atoms with Crippen molar-refractivity contribution in [1.82, 2.24) is 10.2 Å². The van der Waals surface area contributed by atoms with Gasteiger partial charge in [0.1, 0.15) is 12.4 Å². The van der Waals surface area contributed by atoms with Crippen LogP contribution in [-0.4, -0.2) is 43.4 Å². The highest BCUT2D eigenvalue weighted by Crippen LogP contribution is 2.30. The van der Waals surface area contributed by atoms with Gasteiger partial charge in [-0.1, -0.05) is 24.3 Å². The van der Waals surface area contributed by atoms with Crippen molar-refractivity contribution in [3.63, 3.8) is 0 Å². The maximum Gasteiger partial charge on any atom is 0.169 e. The SMILES string of the molecule is COc1ccc(CNC(=S)N(C)C[C@H]2COc3ccccc3O2)cc1. The van der Waals surface area contributed by atoms with E-state index >= 15 is 0 Å². The first-order valence-corrected chi connectivity index (χ1v) is 8.57. The fourth-order valence-electron chi connectivity index (χ4n) is 2.60. The molecule has 0 saturated carbocycles. The summed E-state index contributed by atoms with van der Waals surface area (Å²) in [6.07, 6.45) is -0.0550. The Labute approximate surface area is 153 Å². The molecule has 0 fully saturated rings. The van der Waals surface area contributed by atoms with E-state index in [1.54, 1.807) is 7.11 Å². The summed E-state index contributed by atoms with van der Waals surface area (Å²) in [7, 11) is 3.61. The van der Waals surface area contributed by atoms with Gasteiger partial charge in [0, 0.05) is 13.6 Å². The van der Waals surface area contributed by atoms with E-state index in [9.17, 15) is 0 Å². The number of likely N-dealkylation sites (N-methyl/N-ethyl adjacent to an activating group) is 1. The van der Waals surface area contributed by atoms with Gasteiger partial charge < -0.3 is 24.4 Å². The minimum Gasteiger partial charge on any atom is -0.497 e. The summed E-state index contributed by atoms with van der Waals surface area (Å²) >= 11 is 5.46. The first kappa shape index (κ1) is 17.4. The standard InChI is InChI=1S/C19H22N2O3S/c1-21(12-16-13-23-17-5-3-4-6-18(17)24-16)19(25)20-11-14-7-9-15(22-2)10-8-14/h3-10,16H,11-13H2,1-2H3,(H,20,25)/t16-/m0/s1. The smallest absolute Gasteiger partial charge is 0.169 e. The molecule has 0 spiro atoms. The zero-order valence-corrected chi connectivity index (χ0v) is 15.2. The second-order valence-electron chi connectivity index (χ2n) is 5.88. The Morgan fingerprint density at radius 3 is 2.64 bits per heavy atom. The Hall–Kier alpha value is -2.47. The van der Waals surface area contributed by atoms with Gasteiger partial charge in [-0.25, -0.2) is 0 Å². The molecule has 6 heteroatoms. The fraction of sp³-hybridized carbons (Fsp3) is 0.316. The van der Waals surface area contributed by atoms with E-state index in [0.29, 0.717) is 24.8 Å². The van der Waals surface area contributed by atoms with Gasteiger partial charge in [-0.2, -0.15) is 0 Å². The van der Waals surface area contributed by atoms with Crippen molar-refractivity contribution < 1.29 is 14.2 Å². The molecular formula is C19H22N2O3S. The lowest BCUT2D eigenvalue weighted by molar-refractivity contribution is 0.0779. The minimum absolute atomic E-state index is 0.0550. The molecule has 2 aromatic carbocycles. The van der Waals surface area contributed by atoms with Crippen LogP contribution in [0.5, 0.6) is 17.2 Å². The van der Waals surface area contributed by atoms with Crippen LogP contribution in [-0.2, 0) is 6.54 Å². The quantitative estimate of drug-likeness (QED) is 0.829. The summed E-state index contributed by atoms with van der Waals surface area (Å²) in [6.45, 7) is 1.84. The number of para-hydroxylation sites is 2. The highest BCUT2D eigenvalue weighted by atomic mass is 32.1. The molecule has 1 aliphatic heterocycles. The molecule has 25 heavy (non-hydrogen) atoms. The number of hydrogen-bond donors (Lipinski definition) is 1. The van der Waals surface area contributed by atoms with Crippen molar-refractivity contribution in [2.24, 2.45) is 0 Å². The van der Waals surface area contributed by atoms with Crippen molar-refractivity contribution in [1.29, 1.82) is 0 Å². The first-order chi connectivity index (χ1) is 12.2. The van der Waals surface area contributed by atoms with Crippen LogP contribution >= 0.6 is 12.2 Å². The number of nitrogens with zero attached hydrogens (tertiary/aromatic N) is 1. The summed E-state index contributed by atoms with van der Waals surface area (Å²) < 4.78 is 16.9. The van der Waals surface area contributed by atoms with Crippen LogP contribution in [0.15, 0.2) is 48.5 Å². The van der Waals surface area contributed by atoms with E-state index in [1.165, 1.54) is 0 Å². The number of hydrogen-bond acceptors (Lipinski definition) is 4. The molecule has 0 bridgehead atoms. The molecule has 5 nitrogen and oxygen atoms in total. The average molecular weight is 358 g/mol. The Morgan fingerprint density at radius 2 is 1.92 bits per heavy atom. The number of benzene rings is 2. The molecule has 0 saturated heterocycles. The monoisotopic (exact) mass is 358 g/mol. The van der Waals surface area contributed by atoms with Gasteiger partial charge in [0.15, 0.2) is 22.7 Å². The molecule has 1 aliphatic rings. The van der Waals surface area contributed by atoms with Gasteiger partial charge in [-0.3, -0.25) is 0 Å². The predicted molar refractivity (Wildman–Crippen MR) is 101 cm³/mol.